The van der Waals surface area contributed by atoms with E-state index in [2.05, 4.69) is 34.8 Å². The molecule has 0 bridgehead atoms. The molecule has 1 aliphatic heterocycles. The summed E-state index contributed by atoms with van der Waals surface area (Å²) in [5.41, 5.74) is 0.734. The summed E-state index contributed by atoms with van der Waals surface area (Å²) in [5.74, 6) is 0.257. The molecule has 0 spiro atoms. The molecule has 1 fully saturated rings. The Bertz CT molecular complexity index is 1080. The molecule has 1 heterocycles. The van der Waals surface area contributed by atoms with Crippen molar-refractivity contribution >= 4 is 52.2 Å². The van der Waals surface area contributed by atoms with Gasteiger partial charge < -0.3 is 14.2 Å². The standard InChI is InChI=1S/C24H25IN2O6/c1-4-6-11-33-21-19(25)13-15(14-20(21)32-5-2)12-18-22(28)26-24(30)27(23(18)29)16-7-9-17(31-3)10-8-16/h7-10,12-14H,4-6,11H2,1-3H3,(H,26,28,30)/b18-12-. The lowest BCUT2D eigenvalue weighted by Gasteiger charge is -2.26. The summed E-state index contributed by atoms with van der Waals surface area (Å²) < 4.78 is 17.5. The van der Waals surface area contributed by atoms with Gasteiger partial charge in [0.2, 0.25) is 0 Å². The van der Waals surface area contributed by atoms with Crippen molar-refractivity contribution in [3.63, 3.8) is 0 Å². The van der Waals surface area contributed by atoms with E-state index >= 15 is 0 Å². The van der Waals surface area contributed by atoms with Crippen LogP contribution in [0.4, 0.5) is 10.5 Å². The van der Waals surface area contributed by atoms with Crippen molar-refractivity contribution in [3.8, 4) is 17.2 Å². The van der Waals surface area contributed by atoms with Crippen molar-refractivity contribution in [1.82, 2.24) is 5.32 Å². The first kappa shape index (κ1) is 24.6. The highest BCUT2D eigenvalue weighted by molar-refractivity contribution is 14.1. The van der Waals surface area contributed by atoms with Crippen LogP contribution in [0.5, 0.6) is 17.2 Å². The topological polar surface area (TPSA) is 94.2 Å². The van der Waals surface area contributed by atoms with Crippen LogP contribution in [0.25, 0.3) is 6.08 Å². The molecular weight excluding hydrogens is 539 g/mol. The number of halogens is 1. The fourth-order valence-corrected chi connectivity index (χ4v) is 3.96. The van der Waals surface area contributed by atoms with Gasteiger partial charge in [0.15, 0.2) is 11.5 Å². The summed E-state index contributed by atoms with van der Waals surface area (Å²) in [4.78, 5) is 39.0. The summed E-state index contributed by atoms with van der Waals surface area (Å²) in [6.45, 7) is 4.94. The first-order valence-corrected chi connectivity index (χ1v) is 11.6. The number of methoxy groups -OCH3 is 1. The molecule has 2 aromatic carbocycles. The SMILES string of the molecule is CCCCOc1c(I)cc(/C=C2/C(=O)NC(=O)N(c3ccc(OC)cc3)C2=O)cc1OCC. The van der Waals surface area contributed by atoms with Gasteiger partial charge in [-0.3, -0.25) is 14.9 Å². The number of imide groups is 2. The Hall–Kier alpha value is -3.08. The van der Waals surface area contributed by atoms with Crippen LogP contribution in [0.15, 0.2) is 42.0 Å². The number of anilines is 1. The third-order valence-corrected chi connectivity index (χ3v) is 5.62. The second-order valence-electron chi connectivity index (χ2n) is 7.12. The van der Waals surface area contributed by atoms with Crippen molar-refractivity contribution in [3.05, 3.63) is 51.1 Å². The summed E-state index contributed by atoms with van der Waals surface area (Å²) in [7, 11) is 1.52. The predicted molar refractivity (Wildman–Crippen MR) is 133 cm³/mol. The molecule has 174 valence electrons. The number of barbiturate groups is 1. The van der Waals surface area contributed by atoms with Gasteiger partial charge in [0.05, 0.1) is 29.6 Å². The van der Waals surface area contributed by atoms with Crippen LogP contribution in [-0.4, -0.2) is 38.2 Å². The Labute approximate surface area is 206 Å². The van der Waals surface area contributed by atoms with E-state index in [1.165, 1.54) is 13.2 Å². The van der Waals surface area contributed by atoms with Gasteiger partial charge in [0.25, 0.3) is 11.8 Å². The minimum absolute atomic E-state index is 0.164. The van der Waals surface area contributed by atoms with Crippen molar-refractivity contribution in [2.24, 2.45) is 0 Å². The number of hydrogen-bond donors (Lipinski definition) is 1. The molecule has 1 saturated heterocycles. The zero-order valence-electron chi connectivity index (χ0n) is 18.6. The van der Waals surface area contributed by atoms with E-state index in [4.69, 9.17) is 14.2 Å². The Morgan fingerprint density at radius 1 is 1.06 bits per heavy atom. The zero-order valence-corrected chi connectivity index (χ0v) is 20.8. The normalized spacial score (nSPS) is 15.0. The molecule has 33 heavy (non-hydrogen) atoms. The van der Waals surface area contributed by atoms with E-state index in [1.807, 2.05) is 6.92 Å². The highest BCUT2D eigenvalue weighted by Crippen LogP contribution is 2.35. The molecule has 3 rings (SSSR count). The highest BCUT2D eigenvalue weighted by Gasteiger charge is 2.36. The smallest absolute Gasteiger partial charge is 0.335 e. The molecule has 0 atom stereocenters. The van der Waals surface area contributed by atoms with E-state index in [9.17, 15) is 14.4 Å². The molecule has 1 N–H and O–H groups in total. The molecule has 8 nitrogen and oxygen atoms in total. The number of amides is 4. The number of carbonyl (C=O) groups excluding carboxylic acids is 3. The highest BCUT2D eigenvalue weighted by atomic mass is 127. The molecule has 0 aliphatic carbocycles. The van der Waals surface area contributed by atoms with Crippen LogP contribution in [-0.2, 0) is 9.59 Å². The lowest BCUT2D eigenvalue weighted by molar-refractivity contribution is -0.122. The molecule has 4 amide bonds. The molecule has 9 heteroatoms. The summed E-state index contributed by atoms with van der Waals surface area (Å²) in [5, 5.41) is 2.23. The zero-order chi connectivity index (χ0) is 24.0. The first-order valence-electron chi connectivity index (χ1n) is 10.5. The van der Waals surface area contributed by atoms with Crippen LogP contribution in [0.2, 0.25) is 0 Å². The quantitative estimate of drug-likeness (QED) is 0.208. The van der Waals surface area contributed by atoms with Crippen molar-refractivity contribution in [2.75, 3.05) is 25.2 Å². The van der Waals surface area contributed by atoms with Crippen LogP contribution in [0.3, 0.4) is 0 Å². The van der Waals surface area contributed by atoms with E-state index in [1.54, 1.807) is 36.4 Å². The van der Waals surface area contributed by atoms with Gasteiger partial charge in [-0.15, -0.1) is 0 Å². The van der Waals surface area contributed by atoms with Gasteiger partial charge in [-0.05, 0) is 84.0 Å². The first-order chi connectivity index (χ1) is 15.9. The molecule has 0 aromatic heterocycles. The summed E-state index contributed by atoms with van der Waals surface area (Å²) >= 11 is 2.13. The van der Waals surface area contributed by atoms with Crippen LogP contribution in [0.1, 0.15) is 32.3 Å². The second-order valence-corrected chi connectivity index (χ2v) is 8.28. The second kappa shape index (κ2) is 11.2. The number of nitrogens with zero attached hydrogens (tertiary/aromatic N) is 1. The number of ether oxygens (including phenoxy) is 3. The number of nitrogens with one attached hydrogen (secondary N) is 1. The number of carbonyl (C=O) groups is 3. The van der Waals surface area contributed by atoms with Crippen molar-refractivity contribution < 1.29 is 28.6 Å². The van der Waals surface area contributed by atoms with Crippen molar-refractivity contribution in [2.45, 2.75) is 26.7 Å². The van der Waals surface area contributed by atoms with Gasteiger partial charge >= 0.3 is 6.03 Å². The van der Waals surface area contributed by atoms with Gasteiger partial charge in [-0.1, -0.05) is 13.3 Å². The fraction of sp³-hybridized carbons (Fsp3) is 0.292. The third kappa shape index (κ3) is 5.65. The number of benzene rings is 2. The van der Waals surface area contributed by atoms with Gasteiger partial charge in [0.1, 0.15) is 11.3 Å². The minimum atomic E-state index is -0.809. The number of urea groups is 1. The maximum Gasteiger partial charge on any atom is 0.335 e. The predicted octanol–water partition coefficient (Wildman–Crippen LogP) is 4.54. The number of rotatable bonds is 9. The summed E-state index contributed by atoms with van der Waals surface area (Å²) in [6.07, 6.45) is 3.36. The van der Waals surface area contributed by atoms with Crippen LogP contribution < -0.4 is 24.4 Å². The van der Waals surface area contributed by atoms with Gasteiger partial charge in [-0.2, -0.15) is 0 Å². The number of unbranched alkanes of at least 4 members (excludes halogenated alkanes) is 1. The van der Waals surface area contributed by atoms with Crippen LogP contribution >= 0.6 is 22.6 Å². The minimum Gasteiger partial charge on any atom is -0.497 e. The van der Waals surface area contributed by atoms with E-state index < -0.39 is 17.8 Å². The molecule has 0 radical (unpaired) electrons. The largest absolute Gasteiger partial charge is 0.497 e. The molecule has 2 aromatic rings. The monoisotopic (exact) mass is 564 g/mol. The molecule has 0 saturated carbocycles. The van der Waals surface area contributed by atoms with Gasteiger partial charge in [-0.25, -0.2) is 9.69 Å². The lowest BCUT2D eigenvalue weighted by Crippen LogP contribution is -2.54. The summed E-state index contributed by atoms with van der Waals surface area (Å²) in [6, 6.07) is 9.11. The van der Waals surface area contributed by atoms with Crippen LogP contribution in [0, 0.1) is 3.57 Å². The molecule has 0 unspecified atom stereocenters. The lowest BCUT2D eigenvalue weighted by atomic mass is 10.1. The van der Waals surface area contributed by atoms with E-state index in [0.717, 1.165) is 21.3 Å². The van der Waals surface area contributed by atoms with Gasteiger partial charge in [0, 0.05) is 0 Å². The Morgan fingerprint density at radius 2 is 1.79 bits per heavy atom. The number of hydrogen-bond acceptors (Lipinski definition) is 6. The average molecular weight is 564 g/mol. The fourth-order valence-electron chi connectivity index (χ4n) is 3.18. The molecule has 1 aliphatic rings. The maximum atomic E-state index is 13.1. The Balaban J connectivity index is 1.96. The van der Waals surface area contributed by atoms with E-state index in [-0.39, 0.29) is 5.57 Å². The Morgan fingerprint density at radius 3 is 2.42 bits per heavy atom. The van der Waals surface area contributed by atoms with Crippen molar-refractivity contribution in [1.29, 1.82) is 0 Å². The van der Waals surface area contributed by atoms with E-state index in [0.29, 0.717) is 41.7 Å². The average Bonchev–Trinajstić information content (AvgIpc) is 2.79. The Kier molecular flexibility index (Phi) is 8.32. The maximum absolute atomic E-state index is 13.1. The third-order valence-electron chi connectivity index (χ3n) is 4.82. The molecular formula is C24H25IN2O6.